The number of hydrogen-bond donors (Lipinski definition) is 3. The van der Waals surface area contributed by atoms with Crippen LogP contribution in [0.3, 0.4) is 0 Å². The highest BCUT2D eigenvalue weighted by molar-refractivity contribution is 7.83. The van der Waals surface area contributed by atoms with Gasteiger partial charge in [0.1, 0.15) is 0 Å². The number of nitrogens with zero attached hydrogens (tertiary/aromatic N) is 1. The second-order valence-corrected chi connectivity index (χ2v) is 5.38. The first kappa shape index (κ1) is 21.2. The molecule has 4 nitrogen and oxygen atoms in total. The van der Waals surface area contributed by atoms with Crippen molar-refractivity contribution < 1.29 is 4.79 Å². The van der Waals surface area contributed by atoms with E-state index in [9.17, 15) is 4.79 Å². The number of rotatable bonds is 3. The van der Waals surface area contributed by atoms with E-state index in [0.717, 1.165) is 22.4 Å². The molecule has 0 radical (unpaired) electrons. The van der Waals surface area contributed by atoms with Crippen LogP contribution in [0.15, 0.2) is 71.9 Å². The Hall–Kier alpha value is -2.81. The van der Waals surface area contributed by atoms with Crippen LogP contribution in [0.1, 0.15) is 25.0 Å². The summed E-state index contributed by atoms with van der Waals surface area (Å²) in [6.07, 6.45) is 7.25. The monoisotopic (exact) mass is 365 g/mol. The van der Waals surface area contributed by atoms with Gasteiger partial charge in [0.25, 0.3) is 0 Å². The minimum Gasteiger partial charge on any atom is -0.326 e. The number of carbonyl (C=O) groups excluding carboxylic acids is 1. The van der Waals surface area contributed by atoms with Crippen LogP contribution < -0.4 is 11.1 Å². The van der Waals surface area contributed by atoms with E-state index in [1.807, 2.05) is 55.5 Å². The van der Waals surface area contributed by atoms with Crippen molar-refractivity contribution in [3.8, 4) is 11.8 Å². The molecule has 2 rings (SSSR count). The van der Waals surface area contributed by atoms with Crippen molar-refractivity contribution in [2.24, 2.45) is 5.73 Å². The van der Waals surface area contributed by atoms with E-state index in [4.69, 9.17) is 5.73 Å². The lowest BCUT2D eigenvalue weighted by molar-refractivity contribution is -0.114. The zero-order valence-electron chi connectivity index (χ0n) is 14.9. The van der Waals surface area contributed by atoms with Crippen molar-refractivity contribution in [2.75, 3.05) is 5.32 Å². The Bertz CT molecular complexity index is 818. The van der Waals surface area contributed by atoms with Gasteiger partial charge in [-0.3, -0.25) is 9.78 Å². The predicted molar refractivity (Wildman–Crippen MR) is 112 cm³/mol. The summed E-state index contributed by atoms with van der Waals surface area (Å²) in [6, 6.07) is 11.2. The molecule has 5 heteroatoms. The first-order valence-electron chi connectivity index (χ1n) is 8.05. The van der Waals surface area contributed by atoms with Gasteiger partial charge in [-0.1, -0.05) is 36.1 Å². The van der Waals surface area contributed by atoms with E-state index in [1.165, 1.54) is 6.92 Å². The molecule has 3 N–H and O–H groups in total. The van der Waals surface area contributed by atoms with Gasteiger partial charge in [-0.05, 0) is 42.2 Å². The van der Waals surface area contributed by atoms with Crippen molar-refractivity contribution in [3.05, 3.63) is 83.1 Å². The van der Waals surface area contributed by atoms with Crippen LogP contribution >= 0.6 is 12.6 Å². The maximum atomic E-state index is 11.1. The number of anilines is 1. The number of para-hydroxylation sites is 1. The molecule has 0 aliphatic heterocycles. The molecule has 0 fully saturated rings. The fraction of sp³-hybridized carbons (Fsp3) is 0.143. The van der Waals surface area contributed by atoms with Gasteiger partial charge in [-0.25, -0.2) is 0 Å². The minimum atomic E-state index is -0.109. The number of aromatic nitrogens is 1. The highest BCUT2D eigenvalue weighted by atomic mass is 32.1. The SMILES string of the molecule is C/C=C\C(C#Cc1ccccc1NC(C)=O)=C/S.NCc1ccncc1. The molecule has 0 unspecified atom stereocenters. The molecular weight excluding hydrogens is 342 g/mol. The van der Waals surface area contributed by atoms with E-state index in [0.29, 0.717) is 6.54 Å². The summed E-state index contributed by atoms with van der Waals surface area (Å²) in [6.45, 7) is 4.00. The van der Waals surface area contributed by atoms with E-state index in [1.54, 1.807) is 17.8 Å². The highest BCUT2D eigenvalue weighted by Gasteiger charge is 1.99. The van der Waals surface area contributed by atoms with Crippen LogP contribution in [0.2, 0.25) is 0 Å². The predicted octanol–water partition coefficient (Wildman–Crippen LogP) is 3.93. The molecule has 0 spiro atoms. The Morgan fingerprint density at radius 3 is 2.50 bits per heavy atom. The smallest absolute Gasteiger partial charge is 0.221 e. The van der Waals surface area contributed by atoms with Crippen molar-refractivity contribution in [1.82, 2.24) is 4.98 Å². The number of nitrogens with one attached hydrogen (secondary N) is 1. The summed E-state index contributed by atoms with van der Waals surface area (Å²) in [5.74, 6) is 5.91. The fourth-order valence-electron chi connectivity index (χ4n) is 1.85. The van der Waals surface area contributed by atoms with Crippen molar-refractivity contribution in [2.45, 2.75) is 20.4 Å². The number of thiol groups is 1. The summed E-state index contributed by atoms with van der Waals surface area (Å²) in [5.41, 5.74) is 8.77. The van der Waals surface area contributed by atoms with Gasteiger partial charge in [0, 0.05) is 37.0 Å². The molecule has 0 saturated carbocycles. The summed E-state index contributed by atoms with van der Waals surface area (Å²) in [7, 11) is 0. The lowest BCUT2D eigenvalue weighted by atomic mass is 10.1. The van der Waals surface area contributed by atoms with Crippen LogP contribution in [0, 0.1) is 11.8 Å². The summed E-state index contributed by atoms with van der Waals surface area (Å²) in [5, 5.41) is 4.40. The molecule has 2 aromatic rings. The summed E-state index contributed by atoms with van der Waals surface area (Å²) < 4.78 is 0. The normalized spacial score (nSPS) is 10.4. The van der Waals surface area contributed by atoms with Gasteiger partial charge in [0.2, 0.25) is 5.91 Å². The van der Waals surface area contributed by atoms with Crippen molar-refractivity contribution in [3.63, 3.8) is 0 Å². The molecule has 134 valence electrons. The van der Waals surface area contributed by atoms with Gasteiger partial charge >= 0.3 is 0 Å². The first-order chi connectivity index (χ1) is 12.6. The lowest BCUT2D eigenvalue weighted by Gasteiger charge is -2.03. The number of hydrogen-bond acceptors (Lipinski definition) is 4. The molecular formula is C21H23N3OS. The van der Waals surface area contributed by atoms with Crippen molar-refractivity contribution in [1.29, 1.82) is 0 Å². The Kier molecular flexibility index (Phi) is 10.2. The van der Waals surface area contributed by atoms with Crippen LogP contribution in [-0.4, -0.2) is 10.9 Å². The van der Waals surface area contributed by atoms with Gasteiger partial charge in [0.05, 0.1) is 5.69 Å². The van der Waals surface area contributed by atoms with Gasteiger partial charge in [-0.15, -0.1) is 0 Å². The number of carbonyl (C=O) groups is 1. The third-order valence-electron chi connectivity index (χ3n) is 3.05. The van der Waals surface area contributed by atoms with Gasteiger partial charge < -0.3 is 11.1 Å². The van der Waals surface area contributed by atoms with E-state index in [2.05, 4.69) is 34.8 Å². The third-order valence-corrected chi connectivity index (χ3v) is 3.33. The molecule has 1 amide bonds. The summed E-state index contributed by atoms with van der Waals surface area (Å²) >= 11 is 4.09. The van der Waals surface area contributed by atoms with Crippen LogP contribution in [0.4, 0.5) is 5.69 Å². The van der Waals surface area contributed by atoms with Crippen LogP contribution in [-0.2, 0) is 11.3 Å². The maximum absolute atomic E-state index is 11.1. The highest BCUT2D eigenvalue weighted by Crippen LogP contribution is 2.13. The van der Waals surface area contributed by atoms with Crippen LogP contribution in [0.25, 0.3) is 0 Å². The zero-order chi connectivity index (χ0) is 19.2. The molecule has 1 aromatic carbocycles. The first-order valence-corrected chi connectivity index (χ1v) is 8.57. The molecule has 0 atom stereocenters. The molecule has 0 saturated heterocycles. The number of benzene rings is 1. The quantitative estimate of drug-likeness (QED) is 0.439. The maximum Gasteiger partial charge on any atom is 0.221 e. The Morgan fingerprint density at radius 1 is 1.27 bits per heavy atom. The Morgan fingerprint density at radius 2 is 1.96 bits per heavy atom. The Balaban J connectivity index is 0.000000350. The average molecular weight is 366 g/mol. The van der Waals surface area contributed by atoms with Gasteiger partial charge in [-0.2, -0.15) is 12.6 Å². The number of pyridine rings is 1. The molecule has 0 bridgehead atoms. The zero-order valence-corrected chi connectivity index (χ0v) is 15.8. The second kappa shape index (κ2) is 12.5. The number of amides is 1. The van der Waals surface area contributed by atoms with E-state index in [-0.39, 0.29) is 5.91 Å². The topological polar surface area (TPSA) is 68.0 Å². The third kappa shape index (κ3) is 8.34. The molecule has 0 aliphatic rings. The number of allylic oxidation sites excluding steroid dienone is 3. The average Bonchev–Trinajstić information content (AvgIpc) is 2.67. The molecule has 1 heterocycles. The minimum absolute atomic E-state index is 0.109. The van der Waals surface area contributed by atoms with Crippen LogP contribution in [0.5, 0.6) is 0 Å². The fourth-order valence-corrected chi connectivity index (χ4v) is 2.00. The summed E-state index contributed by atoms with van der Waals surface area (Å²) in [4.78, 5) is 14.9. The molecule has 26 heavy (non-hydrogen) atoms. The molecule has 0 aliphatic carbocycles. The van der Waals surface area contributed by atoms with Gasteiger partial charge in [0.15, 0.2) is 0 Å². The number of nitrogens with two attached hydrogens (primary N) is 1. The molecule has 1 aromatic heterocycles. The van der Waals surface area contributed by atoms with E-state index >= 15 is 0 Å². The van der Waals surface area contributed by atoms with Crippen molar-refractivity contribution >= 4 is 24.2 Å². The second-order valence-electron chi connectivity index (χ2n) is 5.12. The lowest BCUT2D eigenvalue weighted by Crippen LogP contribution is -2.06. The largest absolute Gasteiger partial charge is 0.326 e. The van der Waals surface area contributed by atoms with E-state index < -0.39 is 0 Å². The standard InChI is InChI=1S/C15H15NOS.C6H8N2/c1-3-6-13(11-18)9-10-14-7-4-5-8-15(14)16-12(2)17;7-5-6-1-3-8-4-2-6/h3-8,11,18H,1-2H3,(H,16,17);1-4H,5,7H2/b6-3-,13-11+;. The Labute approximate surface area is 160 Å².